The molecule has 120 valence electrons. The van der Waals surface area contributed by atoms with Crippen LogP contribution in [0.3, 0.4) is 0 Å². The minimum atomic E-state index is -0.246. The predicted octanol–water partition coefficient (Wildman–Crippen LogP) is -0.428. The predicted molar refractivity (Wildman–Crippen MR) is 78.8 cm³/mol. The van der Waals surface area contributed by atoms with Crippen LogP contribution in [0.2, 0.25) is 0 Å². The lowest BCUT2D eigenvalue weighted by Crippen LogP contribution is -2.54. The van der Waals surface area contributed by atoms with E-state index in [1.165, 1.54) is 11.5 Å². The van der Waals surface area contributed by atoms with Crippen molar-refractivity contribution in [2.45, 2.75) is 24.4 Å². The molecule has 2 spiro atoms. The van der Waals surface area contributed by atoms with E-state index in [9.17, 15) is 14.4 Å². The van der Waals surface area contributed by atoms with Gasteiger partial charge in [0.15, 0.2) is 5.44 Å². The molecule has 4 heterocycles. The van der Waals surface area contributed by atoms with E-state index in [0.29, 0.717) is 23.7 Å². The van der Waals surface area contributed by atoms with E-state index in [1.54, 1.807) is 28.2 Å². The van der Waals surface area contributed by atoms with Crippen molar-refractivity contribution in [1.29, 1.82) is 0 Å². The highest BCUT2D eigenvalue weighted by molar-refractivity contribution is 8.00. The Hall–Kier alpha value is -1.44. The fourth-order valence-corrected chi connectivity index (χ4v) is 9.81. The lowest BCUT2D eigenvalue weighted by Gasteiger charge is -2.46. The molecule has 0 aromatic carbocycles. The SMILES string of the molecule is CC(=O)O[C@@H]1SC[C@@]23[C@@H]4[C@H]5[C@@H]6[C@@H]5[C@@H]2[C@]13[C@H]6n1c(=O)n(C)c(=O)n14. The second-order valence-electron chi connectivity index (χ2n) is 8.14. The van der Waals surface area contributed by atoms with E-state index in [0.717, 1.165) is 5.75 Å². The number of thioether (sulfide) groups is 1. The van der Waals surface area contributed by atoms with Crippen LogP contribution in [0, 0.1) is 34.5 Å². The number of esters is 1. The molecule has 9 atom stereocenters. The van der Waals surface area contributed by atoms with Gasteiger partial charge in [-0.05, 0) is 23.7 Å². The fraction of sp³-hybridized carbons (Fsp3) is 0.800. The third kappa shape index (κ3) is 0.776. The van der Waals surface area contributed by atoms with Crippen LogP contribution in [-0.2, 0) is 16.6 Å². The van der Waals surface area contributed by atoms with Crippen molar-refractivity contribution in [3.05, 3.63) is 21.0 Å². The number of nitrogens with zero attached hydrogens (tertiary/aromatic N) is 3. The molecule has 0 N–H and O–H groups in total. The lowest BCUT2D eigenvalue weighted by molar-refractivity contribution is -0.148. The number of carbonyl (C=O) groups is 1. The standard InChI is InChI=1S/C15H15N3O4S/c1-4(19)22-11-15-8-5-6-7(5)10(15)18-13(21)16(2)12(20)17(18)9(6)14(8,15)3-23-11/h5-11H,3H2,1-2H3/t5-,6-,7+,8+,9+,10+,11-,14+,15+/m1/s1. The molecule has 0 amide bonds. The zero-order valence-corrected chi connectivity index (χ0v) is 13.4. The first-order chi connectivity index (χ1) is 11.0. The van der Waals surface area contributed by atoms with E-state index < -0.39 is 0 Å². The van der Waals surface area contributed by atoms with Gasteiger partial charge < -0.3 is 4.74 Å². The van der Waals surface area contributed by atoms with Crippen molar-refractivity contribution >= 4 is 17.7 Å². The maximum Gasteiger partial charge on any atom is 0.347 e. The third-order valence-electron chi connectivity index (χ3n) is 7.98. The third-order valence-corrected chi connectivity index (χ3v) is 9.41. The summed E-state index contributed by atoms with van der Waals surface area (Å²) in [6.07, 6.45) is 0. The first-order valence-corrected chi connectivity index (χ1v) is 9.23. The summed E-state index contributed by atoms with van der Waals surface area (Å²) in [7, 11) is 1.57. The topological polar surface area (TPSA) is 75.2 Å². The summed E-state index contributed by atoms with van der Waals surface area (Å²) in [6, 6.07) is 0.190. The molecular formula is C15H15N3O4S. The van der Waals surface area contributed by atoms with Gasteiger partial charge in [0.2, 0.25) is 0 Å². The quantitative estimate of drug-likeness (QED) is 0.652. The molecule has 23 heavy (non-hydrogen) atoms. The van der Waals surface area contributed by atoms with Gasteiger partial charge in [0.25, 0.3) is 0 Å². The molecule has 4 aliphatic carbocycles. The first kappa shape index (κ1) is 12.0. The highest BCUT2D eigenvalue weighted by Crippen LogP contribution is 3.05. The largest absolute Gasteiger partial charge is 0.451 e. The monoisotopic (exact) mass is 333 g/mol. The average Bonchev–Trinajstić information content (AvgIpc) is 3.19. The van der Waals surface area contributed by atoms with Gasteiger partial charge in [0.1, 0.15) is 0 Å². The van der Waals surface area contributed by atoms with Crippen LogP contribution in [-0.4, -0.2) is 31.1 Å². The Bertz CT molecular complexity index is 976. The summed E-state index contributed by atoms with van der Waals surface area (Å²) in [5.41, 5.74) is -0.532. The number of hydrogen-bond acceptors (Lipinski definition) is 5. The zero-order chi connectivity index (χ0) is 15.6. The summed E-state index contributed by atoms with van der Waals surface area (Å²) in [5, 5.41) is 0. The van der Waals surface area contributed by atoms with Crippen LogP contribution >= 0.6 is 11.8 Å². The van der Waals surface area contributed by atoms with Crippen LogP contribution in [0.1, 0.15) is 19.0 Å². The normalized spacial score (nSPS) is 57.2. The maximum atomic E-state index is 12.7. The minimum absolute atomic E-state index is 0.0493. The molecule has 1 aromatic rings. The molecule has 8 rings (SSSR count). The molecule has 1 saturated heterocycles. The van der Waals surface area contributed by atoms with Gasteiger partial charge in [-0.25, -0.2) is 23.5 Å². The van der Waals surface area contributed by atoms with Crippen LogP contribution in [0.25, 0.3) is 0 Å². The molecular weight excluding hydrogens is 318 g/mol. The number of rotatable bonds is 1. The summed E-state index contributed by atoms with van der Waals surface area (Å²) < 4.78 is 10.4. The first-order valence-electron chi connectivity index (χ1n) is 8.18. The van der Waals surface area contributed by atoms with Gasteiger partial charge in [-0.2, -0.15) is 0 Å². The van der Waals surface area contributed by atoms with Crippen molar-refractivity contribution in [1.82, 2.24) is 13.9 Å². The fourth-order valence-electron chi connectivity index (χ4n) is 7.80. The highest BCUT2D eigenvalue weighted by atomic mass is 32.2. The number of carbonyl (C=O) groups excluding carboxylic acids is 1. The number of ether oxygens (including phenoxy) is 1. The zero-order valence-electron chi connectivity index (χ0n) is 12.6. The Morgan fingerprint density at radius 1 is 1.17 bits per heavy atom. The van der Waals surface area contributed by atoms with E-state index in [4.69, 9.17) is 4.74 Å². The highest BCUT2D eigenvalue weighted by Gasteiger charge is 3.06. The van der Waals surface area contributed by atoms with Crippen LogP contribution in [0.4, 0.5) is 0 Å². The van der Waals surface area contributed by atoms with E-state index in [-0.39, 0.29) is 45.7 Å². The second-order valence-corrected chi connectivity index (χ2v) is 9.19. The van der Waals surface area contributed by atoms with Gasteiger partial charge in [0, 0.05) is 25.1 Å². The summed E-state index contributed by atoms with van der Waals surface area (Å²) >= 11 is 1.72. The van der Waals surface area contributed by atoms with Gasteiger partial charge in [-0.15, -0.1) is 11.8 Å². The Morgan fingerprint density at radius 3 is 2.52 bits per heavy atom. The van der Waals surface area contributed by atoms with Crippen molar-refractivity contribution in [3.8, 4) is 0 Å². The van der Waals surface area contributed by atoms with E-state index >= 15 is 0 Å². The van der Waals surface area contributed by atoms with Crippen LogP contribution < -0.4 is 11.4 Å². The Morgan fingerprint density at radius 2 is 1.83 bits per heavy atom. The van der Waals surface area contributed by atoms with Crippen molar-refractivity contribution in [3.63, 3.8) is 0 Å². The van der Waals surface area contributed by atoms with Gasteiger partial charge in [0.05, 0.1) is 17.5 Å². The van der Waals surface area contributed by atoms with E-state index in [1.807, 2.05) is 0 Å². The van der Waals surface area contributed by atoms with Crippen molar-refractivity contribution in [2.75, 3.05) is 5.75 Å². The molecule has 5 fully saturated rings. The summed E-state index contributed by atoms with van der Waals surface area (Å²) in [6.45, 7) is 1.46. The number of hydrogen-bond donors (Lipinski definition) is 0. The van der Waals surface area contributed by atoms with Crippen LogP contribution in [0.15, 0.2) is 9.59 Å². The molecule has 4 saturated carbocycles. The molecule has 7 aliphatic rings. The Balaban J connectivity index is 1.55. The second kappa shape index (κ2) is 2.85. The van der Waals surface area contributed by atoms with Gasteiger partial charge >= 0.3 is 17.3 Å². The molecule has 3 aliphatic heterocycles. The van der Waals surface area contributed by atoms with Gasteiger partial charge in [-0.1, -0.05) is 0 Å². The smallest absolute Gasteiger partial charge is 0.347 e. The molecule has 8 heteroatoms. The summed E-state index contributed by atoms with van der Waals surface area (Å²) in [5.74, 6) is 2.98. The van der Waals surface area contributed by atoms with Gasteiger partial charge in [-0.3, -0.25) is 4.79 Å². The molecule has 2 bridgehead atoms. The number of aromatic nitrogens is 3. The molecule has 7 nitrogen and oxygen atoms in total. The minimum Gasteiger partial charge on any atom is -0.451 e. The lowest BCUT2D eigenvalue weighted by atomic mass is 9.72. The van der Waals surface area contributed by atoms with E-state index in [2.05, 4.69) is 0 Å². The average molecular weight is 333 g/mol. The summed E-state index contributed by atoms with van der Waals surface area (Å²) in [4.78, 5) is 36.9. The Labute approximate surface area is 134 Å². The van der Waals surface area contributed by atoms with Crippen molar-refractivity contribution < 1.29 is 9.53 Å². The Kier molecular flexibility index (Phi) is 1.49. The molecule has 0 unspecified atom stereocenters. The molecule has 0 radical (unpaired) electrons. The molecule has 1 aromatic heterocycles. The maximum absolute atomic E-state index is 12.7. The van der Waals surface area contributed by atoms with Crippen molar-refractivity contribution in [2.24, 2.45) is 41.5 Å². The van der Waals surface area contributed by atoms with Crippen LogP contribution in [0.5, 0.6) is 0 Å².